The smallest absolute Gasteiger partial charge is 0.180 e. The topological polar surface area (TPSA) is 38.9 Å². The van der Waals surface area contributed by atoms with E-state index < -0.39 is 0 Å². The zero-order valence-electron chi connectivity index (χ0n) is 10.9. The summed E-state index contributed by atoms with van der Waals surface area (Å²) in [7, 11) is 0. The van der Waals surface area contributed by atoms with E-state index in [1.165, 1.54) is 29.7 Å². The maximum absolute atomic E-state index is 5.46. The third kappa shape index (κ3) is 7.45. The number of hydrogen-bond acceptors (Lipinski definition) is 3. The normalized spacial score (nSPS) is 9.00. The van der Waals surface area contributed by atoms with Gasteiger partial charge in [-0.3, -0.25) is 0 Å². The molecular weight excluding hydrogens is 308 g/mol. The van der Waals surface area contributed by atoms with Crippen LogP contribution in [0.25, 0.3) is 0 Å². The minimum absolute atomic E-state index is 0. The summed E-state index contributed by atoms with van der Waals surface area (Å²) in [6, 6.07) is 10.3. The van der Waals surface area contributed by atoms with Gasteiger partial charge in [-0.2, -0.15) is 0 Å². The first kappa shape index (κ1) is 17.1. The maximum Gasteiger partial charge on any atom is 0.180 e. The number of aromatic nitrogens is 1. The lowest BCUT2D eigenvalue weighted by Crippen LogP contribution is -1.86. The van der Waals surface area contributed by atoms with Crippen molar-refractivity contribution in [2.45, 2.75) is 33.1 Å². The second kappa shape index (κ2) is 10.1. The van der Waals surface area contributed by atoms with E-state index in [1.807, 2.05) is 23.6 Å². The van der Waals surface area contributed by atoms with Crippen LogP contribution in [0.15, 0.2) is 35.7 Å². The van der Waals surface area contributed by atoms with Crippen LogP contribution in [0, 0.1) is 6.92 Å². The summed E-state index contributed by atoms with van der Waals surface area (Å²) in [5.74, 6) is 0. The quantitative estimate of drug-likeness (QED) is 0.891. The van der Waals surface area contributed by atoms with Crippen LogP contribution >= 0.6 is 28.3 Å². The highest BCUT2D eigenvalue weighted by Gasteiger charge is 1.95. The Bertz CT molecular complexity index is 415. The molecule has 2 nitrogen and oxygen atoms in total. The summed E-state index contributed by atoms with van der Waals surface area (Å²) in [6.45, 7) is 4.26. The van der Waals surface area contributed by atoms with E-state index in [4.69, 9.17) is 5.73 Å². The largest absolute Gasteiger partial charge is 0.375 e. The number of halogens is 1. The second-order valence-electron chi connectivity index (χ2n) is 3.94. The zero-order chi connectivity index (χ0) is 12.5. The van der Waals surface area contributed by atoms with Crippen LogP contribution in [0.4, 0.5) is 5.13 Å². The molecule has 0 spiro atoms. The standard InChI is InChI=1S/C7H12N2S.C7H8.BrH/c1-2-3-4-6-5-10-7(8)9-6;1-7-5-3-2-4-6-7;/h5H,2-4H2,1H3,(H2,8,9);2-6H,1H3;1H. The predicted octanol–water partition coefficient (Wildman–Crippen LogP) is 4.64. The third-order valence-electron chi connectivity index (χ3n) is 2.30. The molecule has 0 saturated heterocycles. The lowest BCUT2D eigenvalue weighted by Gasteiger charge is -1.90. The number of nitrogen functional groups attached to an aromatic ring is 1. The summed E-state index contributed by atoms with van der Waals surface area (Å²) in [6.07, 6.45) is 3.50. The molecular formula is C14H21BrN2S. The number of nitrogens with two attached hydrogens (primary N) is 1. The van der Waals surface area contributed by atoms with Crippen LogP contribution < -0.4 is 5.73 Å². The molecule has 2 aromatic rings. The van der Waals surface area contributed by atoms with Crippen LogP contribution in [0.1, 0.15) is 31.0 Å². The Kier molecular flexibility index (Phi) is 9.60. The Morgan fingerprint density at radius 3 is 2.28 bits per heavy atom. The Hall–Kier alpha value is -0.870. The second-order valence-corrected chi connectivity index (χ2v) is 4.83. The molecule has 0 aliphatic rings. The molecule has 4 heteroatoms. The average Bonchev–Trinajstić information content (AvgIpc) is 2.74. The van der Waals surface area contributed by atoms with Crippen molar-refractivity contribution in [3.63, 3.8) is 0 Å². The van der Waals surface area contributed by atoms with Crippen molar-refractivity contribution in [2.75, 3.05) is 5.73 Å². The summed E-state index contributed by atoms with van der Waals surface area (Å²) >= 11 is 1.52. The van der Waals surface area contributed by atoms with Crippen LogP contribution in [0.3, 0.4) is 0 Å². The molecule has 1 heterocycles. The minimum atomic E-state index is 0. The molecule has 18 heavy (non-hydrogen) atoms. The molecule has 2 N–H and O–H groups in total. The molecule has 2 rings (SSSR count). The Balaban J connectivity index is 0.000000321. The molecule has 0 aliphatic carbocycles. The molecule has 0 fully saturated rings. The van der Waals surface area contributed by atoms with Crippen molar-refractivity contribution in [3.8, 4) is 0 Å². The Labute approximate surface area is 124 Å². The van der Waals surface area contributed by atoms with Crippen molar-refractivity contribution in [2.24, 2.45) is 0 Å². The highest BCUT2D eigenvalue weighted by Crippen LogP contribution is 2.12. The van der Waals surface area contributed by atoms with Gasteiger partial charge in [0.2, 0.25) is 0 Å². The van der Waals surface area contributed by atoms with Gasteiger partial charge in [0.25, 0.3) is 0 Å². The van der Waals surface area contributed by atoms with E-state index in [2.05, 4.69) is 31.0 Å². The number of thiazole rings is 1. The SMILES string of the molecule is Br.CCCCc1csc(N)n1.Cc1ccccc1. The van der Waals surface area contributed by atoms with Gasteiger partial charge in [-0.25, -0.2) is 4.98 Å². The number of anilines is 1. The minimum Gasteiger partial charge on any atom is -0.375 e. The van der Waals surface area contributed by atoms with E-state index in [-0.39, 0.29) is 17.0 Å². The summed E-state index contributed by atoms with van der Waals surface area (Å²) < 4.78 is 0. The molecule has 1 aromatic heterocycles. The predicted molar refractivity (Wildman–Crippen MR) is 86.6 cm³/mol. The molecule has 0 aliphatic heterocycles. The Morgan fingerprint density at radius 2 is 1.89 bits per heavy atom. The fourth-order valence-corrected chi connectivity index (χ4v) is 1.93. The maximum atomic E-state index is 5.46. The van der Waals surface area contributed by atoms with Gasteiger partial charge >= 0.3 is 0 Å². The van der Waals surface area contributed by atoms with Gasteiger partial charge < -0.3 is 5.73 Å². The van der Waals surface area contributed by atoms with Crippen LogP contribution in [-0.2, 0) is 6.42 Å². The lowest BCUT2D eigenvalue weighted by molar-refractivity contribution is 0.782. The van der Waals surface area contributed by atoms with Gasteiger partial charge in [-0.05, 0) is 19.8 Å². The molecule has 100 valence electrons. The van der Waals surface area contributed by atoms with Gasteiger partial charge in [0.05, 0.1) is 5.69 Å². The van der Waals surface area contributed by atoms with Crippen molar-refractivity contribution in [3.05, 3.63) is 47.0 Å². The van der Waals surface area contributed by atoms with E-state index in [0.717, 1.165) is 12.1 Å². The van der Waals surface area contributed by atoms with Gasteiger partial charge in [-0.1, -0.05) is 49.2 Å². The highest BCUT2D eigenvalue weighted by atomic mass is 79.9. The van der Waals surface area contributed by atoms with Crippen molar-refractivity contribution < 1.29 is 0 Å². The molecule has 0 radical (unpaired) electrons. The number of rotatable bonds is 3. The number of unbranched alkanes of at least 4 members (excludes halogenated alkanes) is 1. The Morgan fingerprint density at radius 1 is 1.22 bits per heavy atom. The van der Waals surface area contributed by atoms with Crippen molar-refractivity contribution in [1.29, 1.82) is 0 Å². The monoisotopic (exact) mass is 328 g/mol. The average molecular weight is 329 g/mol. The fraction of sp³-hybridized carbons (Fsp3) is 0.357. The molecule has 0 amide bonds. The number of nitrogens with zero attached hydrogens (tertiary/aromatic N) is 1. The van der Waals surface area contributed by atoms with Crippen molar-refractivity contribution >= 4 is 33.4 Å². The number of benzene rings is 1. The lowest BCUT2D eigenvalue weighted by atomic mass is 10.2. The van der Waals surface area contributed by atoms with Gasteiger partial charge in [0.1, 0.15) is 0 Å². The van der Waals surface area contributed by atoms with E-state index >= 15 is 0 Å². The molecule has 0 unspecified atom stereocenters. The van der Waals surface area contributed by atoms with Gasteiger partial charge in [0, 0.05) is 5.38 Å². The first-order chi connectivity index (χ1) is 8.22. The molecule has 1 aromatic carbocycles. The van der Waals surface area contributed by atoms with Crippen LogP contribution in [0.2, 0.25) is 0 Å². The summed E-state index contributed by atoms with van der Waals surface area (Å²) in [4.78, 5) is 4.14. The van der Waals surface area contributed by atoms with Crippen molar-refractivity contribution in [1.82, 2.24) is 4.98 Å². The van der Waals surface area contributed by atoms with E-state index in [9.17, 15) is 0 Å². The van der Waals surface area contributed by atoms with Crippen LogP contribution in [-0.4, -0.2) is 4.98 Å². The van der Waals surface area contributed by atoms with Gasteiger partial charge in [-0.15, -0.1) is 28.3 Å². The summed E-state index contributed by atoms with van der Waals surface area (Å²) in [5, 5.41) is 2.72. The summed E-state index contributed by atoms with van der Waals surface area (Å²) in [5.41, 5.74) is 7.92. The molecule has 0 saturated carbocycles. The van der Waals surface area contributed by atoms with Crippen LogP contribution in [0.5, 0.6) is 0 Å². The fourth-order valence-electron chi connectivity index (χ4n) is 1.33. The first-order valence-electron chi connectivity index (χ1n) is 5.94. The third-order valence-corrected chi connectivity index (χ3v) is 3.02. The highest BCUT2D eigenvalue weighted by molar-refractivity contribution is 8.93. The number of hydrogen-bond donors (Lipinski definition) is 1. The zero-order valence-corrected chi connectivity index (χ0v) is 13.5. The number of aryl methyl sites for hydroxylation is 2. The van der Waals surface area contributed by atoms with E-state index in [1.54, 1.807) is 0 Å². The first-order valence-corrected chi connectivity index (χ1v) is 6.82. The molecule has 0 atom stereocenters. The van der Waals surface area contributed by atoms with E-state index in [0.29, 0.717) is 5.13 Å². The van der Waals surface area contributed by atoms with Gasteiger partial charge in [0.15, 0.2) is 5.13 Å². The molecule has 0 bridgehead atoms.